The SMILES string of the molecule is C=CCOC1CCC(C(=O)Cl)CC1. The number of hydrogen-bond donors (Lipinski definition) is 0. The highest BCUT2D eigenvalue weighted by Gasteiger charge is 2.25. The lowest BCUT2D eigenvalue weighted by Gasteiger charge is -2.25. The molecule has 1 aliphatic rings. The summed E-state index contributed by atoms with van der Waals surface area (Å²) in [5.41, 5.74) is 0. The number of carbonyl (C=O) groups is 1. The number of carbonyl (C=O) groups excluding carboxylic acids is 1. The fourth-order valence-electron chi connectivity index (χ4n) is 1.66. The van der Waals surface area contributed by atoms with Gasteiger partial charge in [0.15, 0.2) is 0 Å². The van der Waals surface area contributed by atoms with Crippen LogP contribution in [0.15, 0.2) is 12.7 Å². The molecule has 1 fully saturated rings. The smallest absolute Gasteiger partial charge is 0.224 e. The van der Waals surface area contributed by atoms with E-state index in [-0.39, 0.29) is 11.2 Å². The van der Waals surface area contributed by atoms with Gasteiger partial charge in [-0.2, -0.15) is 0 Å². The zero-order valence-corrected chi connectivity index (χ0v) is 8.43. The summed E-state index contributed by atoms with van der Waals surface area (Å²) in [7, 11) is 0. The molecule has 0 aromatic carbocycles. The molecule has 0 saturated heterocycles. The van der Waals surface area contributed by atoms with Gasteiger partial charge in [0.2, 0.25) is 5.24 Å². The van der Waals surface area contributed by atoms with E-state index >= 15 is 0 Å². The maximum Gasteiger partial charge on any atom is 0.224 e. The predicted octanol–water partition coefficient (Wildman–Crippen LogP) is 2.51. The largest absolute Gasteiger partial charge is 0.374 e. The number of ether oxygens (including phenoxy) is 1. The summed E-state index contributed by atoms with van der Waals surface area (Å²) in [6.07, 6.45) is 5.66. The van der Waals surface area contributed by atoms with Crippen LogP contribution in [0.2, 0.25) is 0 Å². The molecular weight excluding hydrogens is 188 g/mol. The van der Waals surface area contributed by atoms with Crippen molar-refractivity contribution in [2.45, 2.75) is 31.8 Å². The zero-order chi connectivity index (χ0) is 9.68. The Morgan fingerprint density at radius 1 is 1.46 bits per heavy atom. The lowest BCUT2D eigenvalue weighted by Crippen LogP contribution is -2.24. The standard InChI is InChI=1S/C10H15ClO2/c1-2-7-13-9-5-3-8(4-6-9)10(11)12/h2,8-9H,1,3-7H2. The minimum Gasteiger partial charge on any atom is -0.374 e. The van der Waals surface area contributed by atoms with E-state index in [9.17, 15) is 4.79 Å². The van der Waals surface area contributed by atoms with Gasteiger partial charge < -0.3 is 4.74 Å². The van der Waals surface area contributed by atoms with Crippen molar-refractivity contribution >= 4 is 16.8 Å². The molecule has 13 heavy (non-hydrogen) atoms. The Hall–Kier alpha value is -0.340. The average molecular weight is 203 g/mol. The molecule has 1 saturated carbocycles. The van der Waals surface area contributed by atoms with Gasteiger partial charge in [-0.05, 0) is 37.3 Å². The Balaban J connectivity index is 2.22. The van der Waals surface area contributed by atoms with Crippen molar-refractivity contribution in [3.8, 4) is 0 Å². The van der Waals surface area contributed by atoms with Gasteiger partial charge in [0.05, 0.1) is 12.7 Å². The third-order valence-corrected chi connectivity index (χ3v) is 2.75. The number of rotatable bonds is 4. The van der Waals surface area contributed by atoms with Gasteiger partial charge in [-0.1, -0.05) is 6.08 Å². The monoisotopic (exact) mass is 202 g/mol. The quantitative estimate of drug-likeness (QED) is 0.517. The third-order valence-electron chi connectivity index (χ3n) is 2.44. The van der Waals surface area contributed by atoms with Crippen molar-refractivity contribution in [1.29, 1.82) is 0 Å². The Morgan fingerprint density at radius 3 is 2.54 bits per heavy atom. The zero-order valence-electron chi connectivity index (χ0n) is 7.67. The van der Waals surface area contributed by atoms with Gasteiger partial charge in [-0.15, -0.1) is 6.58 Å². The summed E-state index contributed by atoms with van der Waals surface area (Å²) in [5, 5.41) is -0.192. The molecule has 3 heteroatoms. The highest BCUT2D eigenvalue weighted by molar-refractivity contribution is 6.63. The summed E-state index contributed by atoms with van der Waals surface area (Å²) >= 11 is 5.41. The maximum absolute atomic E-state index is 10.8. The van der Waals surface area contributed by atoms with Crippen LogP contribution in [0.3, 0.4) is 0 Å². The first-order valence-electron chi connectivity index (χ1n) is 4.66. The van der Waals surface area contributed by atoms with Crippen molar-refractivity contribution in [2.24, 2.45) is 5.92 Å². The first-order chi connectivity index (χ1) is 6.24. The molecule has 0 heterocycles. The molecule has 0 N–H and O–H groups in total. The molecular formula is C10H15ClO2. The second-order valence-electron chi connectivity index (χ2n) is 3.40. The van der Waals surface area contributed by atoms with Crippen LogP contribution in [0, 0.1) is 5.92 Å². The van der Waals surface area contributed by atoms with Crippen LogP contribution in [-0.2, 0) is 9.53 Å². The molecule has 0 radical (unpaired) electrons. The predicted molar refractivity (Wildman–Crippen MR) is 52.8 cm³/mol. The van der Waals surface area contributed by atoms with E-state index in [4.69, 9.17) is 16.3 Å². The van der Waals surface area contributed by atoms with Gasteiger partial charge in [0.1, 0.15) is 0 Å². The molecule has 2 nitrogen and oxygen atoms in total. The first kappa shape index (κ1) is 10.7. The van der Waals surface area contributed by atoms with Crippen molar-refractivity contribution in [2.75, 3.05) is 6.61 Å². The Bertz CT molecular complexity index is 183. The summed E-state index contributed by atoms with van der Waals surface area (Å²) in [6, 6.07) is 0. The molecule has 0 spiro atoms. The van der Waals surface area contributed by atoms with E-state index in [0.717, 1.165) is 25.7 Å². The molecule has 0 aromatic heterocycles. The molecule has 1 rings (SSSR count). The van der Waals surface area contributed by atoms with E-state index in [0.29, 0.717) is 12.7 Å². The highest BCUT2D eigenvalue weighted by Crippen LogP contribution is 2.27. The van der Waals surface area contributed by atoms with E-state index in [2.05, 4.69) is 6.58 Å². The van der Waals surface area contributed by atoms with Crippen molar-refractivity contribution < 1.29 is 9.53 Å². The molecule has 0 unspecified atom stereocenters. The van der Waals surface area contributed by atoms with Crippen LogP contribution >= 0.6 is 11.6 Å². The Labute approximate surface area is 83.9 Å². The maximum atomic E-state index is 10.8. The summed E-state index contributed by atoms with van der Waals surface area (Å²) in [4.78, 5) is 10.8. The van der Waals surface area contributed by atoms with Gasteiger partial charge in [-0.25, -0.2) is 0 Å². The van der Waals surface area contributed by atoms with Crippen molar-refractivity contribution in [3.63, 3.8) is 0 Å². The molecule has 0 aromatic rings. The topological polar surface area (TPSA) is 26.3 Å². The molecule has 0 bridgehead atoms. The molecule has 0 atom stereocenters. The second kappa shape index (κ2) is 5.40. The lowest BCUT2D eigenvalue weighted by atomic mass is 9.88. The average Bonchev–Trinajstić information content (AvgIpc) is 2.15. The van der Waals surface area contributed by atoms with Crippen molar-refractivity contribution in [1.82, 2.24) is 0 Å². The second-order valence-corrected chi connectivity index (χ2v) is 3.77. The van der Waals surface area contributed by atoms with Gasteiger partial charge in [-0.3, -0.25) is 4.79 Å². The Kier molecular flexibility index (Phi) is 4.46. The number of halogens is 1. The van der Waals surface area contributed by atoms with Crippen molar-refractivity contribution in [3.05, 3.63) is 12.7 Å². The van der Waals surface area contributed by atoms with Gasteiger partial charge >= 0.3 is 0 Å². The summed E-state index contributed by atoms with van der Waals surface area (Å²) < 4.78 is 5.49. The van der Waals surface area contributed by atoms with Crippen LogP contribution in [0.25, 0.3) is 0 Å². The summed E-state index contributed by atoms with van der Waals surface area (Å²) in [5.74, 6) is 0.0604. The van der Waals surface area contributed by atoms with Crippen LogP contribution < -0.4 is 0 Å². The molecule has 74 valence electrons. The van der Waals surface area contributed by atoms with Crippen LogP contribution in [-0.4, -0.2) is 18.0 Å². The Morgan fingerprint density at radius 2 is 2.08 bits per heavy atom. The van der Waals surface area contributed by atoms with E-state index in [1.54, 1.807) is 6.08 Å². The normalized spacial score (nSPS) is 28.4. The van der Waals surface area contributed by atoms with Crippen LogP contribution in [0.5, 0.6) is 0 Å². The molecule has 0 amide bonds. The van der Waals surface area contributed by atoms with E-state index in [1.165, 1.54) is 0 Å². The van der Waals surface area contributed by atoms with E-state index in [1.807, 2.05) is 0 Å². The summed E-state index contributed by atoms with van der Waals surface area (Å²) in [6.45, 7) is 4.19. The minimum absolute atomic E-state index is 0.0604. The third kappa shape index (κ3) is 3.49. The fourth-order valence-corrected chi connectivity index (χ4v) is 1.88. The highest BCUT2D eigenvalue weighted by atomic mass is 35.5. The van der Waals surface area contributed by atoms with Crippen LogP contribution in [0.4, 0.5) is 0 Å². The number of hydrogen-bond acceptors (Lipinski definition) is 2. The van der Waals surface area contributed by atoms with Gasteiger partial charge in [0.25, 0.3) is 0 Å². The van der Waals surface area contributed by atoms with E-state index < -0.39 is 0 Å². The van der Waals surface area contributed by atoms with Crippen LogP contribution in [0.1, 0.15) is 25.7 Å². The minimum atomic E-state index is -0.192. The fraction of sp³-hybridized carbons (Fsp3) is 0.700. The van der Waals surface area contributed by atoms with Gasteiger partial charge in [0, 0.05) is 5.92 Å². The molecule has 1 aliphatic carbocycles. The first-order valence-corrected chi connectivity index (χ1v) is 5.03. The lowest BCUT2D eigenvalue weighted by molar-refractivity contribution is -0.116. The molecule has 0 aliphatic heterocycles.